The van der Waals surface area contributed by atoms with Crippen molar-refractivity contribution in [2.24, 2.45) is 5.92 Å². The molecule has 1 aromatic rings. The summed E-state index contributed by atoms with van der Waals surface area (Å²) in [7, 11) is 0. The third-order valence-corrected chi connectivity index (χ3v) is 4.06. The Labute approximate surface area is 120 Å². The van der Waals surface area contributed by atoms with E-state index in [1.165, 1.54) is 37.1 Å². The van der Waals surface area contributed by atoms with Crippen LogP contribution in [0.15, 0.2) is 6.07 Å². The molecule has 110 valence electrons. The molecule has 1 amide bonds. The Morgan fingerprint density at radius 3 is 2.65 bits per heavy atom. The summed E-state index contributed by atoms with van der Waals surface area (Å²) in [6.07, 6.45) is 5.81. The van der Waals surface area contributed by atoms with Gasteiger partial charge in [-0.2, -0.15) is 5.10 Å². The largest absolute Gasteiger partial charge is 0.354 e. The molecule has 0 aromatic carbocycles. The second-order valence-corrected chi connectivity index (χ2v) is 6.71. The van der Waals surface area contributed by atoms with Gasteiger partial charge in [-0.15, -0.1) is 0 Å². The van der Waals surface area contributed by atoms with Gasteiger partial charge in [0.15, 0.2) is 0 Å². The average molecular weight is 275 g/mol. The molecule has 0 spiro atoms. The molecule has 2 fully saturated rings. The fourth-order valence-corrected chi connectivity index (χ4v) is 2.66. The molecule has 1 aromatic heterocycles. The lowest BCUT2D eigenvalue weighted by Gasteiger charge is -2.09. The molecule has 1 N–H and O–H groups in total. The Hall–Kier alpha value is -1.32. The van der Waals surface area contributed by atoms with Gasteiger partial charge in [0.2, 0.25) is 5.91 Å². The van der Waals surface area contributed by atoms with Gasteiger partial charge in [-0.05, 0) is 37.7 Å². The maximum Gasteiger partial charge on any atom is 0.220 e. The number of carbonyl (C=O) groups is 1. The quantitative estimate of drug-likeness (QED) is 0.831. The van der Waals surface area contributed by atoms with E-state index in [4.69, 9.17) is 5.10 Å². The van der Waals surface area contributed by atoms with Gasteiger partial charge in [-0.3, -0.25) is 9.48 Å². The normalized spacial score (nSPS) is 18.6. The van der Waals surface area contributed by atoms with E-state index in [-0.39, 0.29) is 5.91 Å². The number of nitrogens with one attached hydrogen (secondary N) is 1. The maximum atomic E-state index is 11.7. The third kappa shape index (κ3) is 3.41. The lowest BCUT2D eigenvalue weighted by atomic mass is 10.1. The van der Waals surface area contributed by atoms with Crippen LogP contribution in [0.3, 0.4) is 0 Å². The first kappa shape index (κ1) is 13.7. The topological polar surface area (TPSA) is 46.9 Å². The lowest BCUT2D eigenvalue weighted by molar-refractivity contribution is -0.121. The molecular formula is C16H25N3O. The van der Waals surface area contributed by atoms with Crippen LogP contribution < -0.4 is 5.32 Å². The molecule has 0 aliphatic heterocycles. The van der Waals surface area contributed by atoms with Crippen molar-refractivity contribution >= 4 is 5.91 Å². The molecule has 0 bridgehead atoms. The molecule has 20 heavy (non-hydrogen) atoms. The Bertz CT molecular complexity index is 484. The number of carbonyl (C=O) groups excluding carboxylic acids is 1. The zero-order valence-corrected chi connectivity index (χ0v) is 12.6. The number of hydrogen-bond acceptors (Lipinski definition) is 2. The molecule has 2 aliphatic carbocycles. The molecule has 0 saturated heterocycles. The minimum Gasteiger partial charge on any atom is -0.354 e. The zero-order valence-electron chi connectivity index (χ0n) is 12.6. The highest BCUT2D eigenvalue weighted by Crippen LogP contribution is 2.44. The lowest BCUT2D eigenvalue weighted by Crippen LogP contribution is -2.28. The van der Waals surface area contributed by atoms with Crippen LogP contribution in [0.5, 0.6) is 0 Å². The number of amides is 1. The summed E-state index contributed by atoms with van der Waals surface area (Å²) in [5.74, 6) is 2.01. The van der Waals surface area contributed by atoms with Gasteiger partial charge in [0, 0.05) is 30.5 Å². The van der Waals surface area contributed by atoms with E-state index in [2.05, 4.69) is 29.9 Å². The van der Waals surface area contributed by atoms with E-state index in [1.54, 1.807) is 0 Å². The molecule has 0 unspecified atom stereocenters. The molecule has 2 aliphatic rings. The maximum absolute atomic E-state index is 11.7. The number of nitrogens with zero attached hydrogens (tertiary/aromatic N) is 2. The minimum absolute atomic E-state index is 0.155. The summed E-state index contributed by atoms with van der Waals surface area (Å²) in [4.78, 5) is 11.7. The summed E-state index contributed by atoms with van der Waals surface area (Å²) < 4.78 is 2.14. The van der Waals surface area contributed by atoms with Crippen LogP contribution in [-0.2, 0) is 11.3 Å². The van der Waals surface area contributed by atoms with Crippen molar-refractivity contribution in [3.8, 4) is 0 Å². The first-order chi connectivity index (χ1) is 9.63. The molecule has 1 heterocycles. The van der Waals surface area contributed by atoms with Crippen LogP contribution in [0.25, 0.3) is 0 Å². The van der Waals surface area contributed by atoms with Gasteiger partial charge in [0.05, 0.1) is 12.2 Å². The van der Waals surface area contributed by atoms with Gasteiger partial charge >= 0.3 is 0 Å². The summed E-state index contributed by atoms with van der Waals surface area (Å²) in [5, 5.41) is 7.76. The summed E-state index contributed by atoms with van der Waals surface area (Å²) in [6, 6.07) is 2.31. The van der Waals surface area contributed by atoms with Crippen LogP contribution in [0.2, 0.25) is 0 Å². The van der Waals surface area contributed by atoms with Crippen molar-refractivity contribution in [2.45, 2.75) is 64.3 Å². The number of aromatic nitrogens is 2. The van der Waals surface area contributed by atoms with Crippen molar-refractivity contribution < 1.29 is 4.79 Å². The van der Waals surface area contributed by atoms with Crippen LogP contribution >= 0.6 is 0 Å². The van der Waals surface area contributed by atoms with Crippen LogP contribution in [0.1, 0.15) is 69.2 Å². The van der Waals surface area contributed by atoms with Crippen LogP contribution in [0.4, 0.5) is 0 Å². The van der Waals surface area contributed by atoms with Gasteiger partial charge < -0.3 is 5.32 Å². The second-order valence-electron chi connectivity index (χ2n) is 6.71. The van der Waals surface area contributed by atoms with E-state index in [9.17, 15) is 4.79 Å². The highest BCUT2D eigenvalue weighted by atomic mass is 16.1. The monoisotopic (exact) mass is 275 g/mol. The van der Waals surface area contributed by atoms with Crippen LogP contribution in [0, 0.1) is 5.92 Å². The van der Waals surface area contributed by atoms with Crippen molar-refractivity contribution in [1.29, 1.82) is 0 Å². The molecule has 0 atom stereocenters. The SMILES string of the molecule is CC(C)CC(=O)NCCn1nc(C2CC2)cc1C1CC1. The smallest absolute Gasteiger partial charge is 0.220 e. The van der Waals surface area contributed by atoms with Crippen molar-refractivity contribution in [1.82, 2.24) is 15.1 Å². The summed E-state index contributed by atoms with van der Waals surface area (Å²) in [5.41, 5.74) is 2.67. The highest BCUT2D eigenvalue weighted by molar-refractivity contribution is 5.75. The van der Waals surface area contributed by atoms with Gasteiger partial charge in [0.1, 0.15) is 0 Å². The fraction of sp³-hybridized carbons (Fsp3) is 0.750. The Balaban J connectivity index is 1.55. The van der Waals surface area contributed by atoms with E-state index >= 15 is 0 Å². The Morgan fingerprint density at radius 1 is 1.35 bits per heavy atom. The molecular weight excluding hydrogens is 250 g/mol. The van der Waals surface area contributed by atoms with Crippen molar-refractivity contribution in [2.75, 3.05) is 6.54 Å². The van der Waals surface area contributed by atoms with Gasteiger partial charge in [-0.25, -0.2) is 0 Å². The second kappa shape index (κ2) is 5.58. The van der Waals surface area contributed by atoms with Gasteiger partial charge in [0.25, 0.3) is 0 Å². The minimum atomic E-state index is 0.155. The molecule has 3 rings (SSSR count). The Kier molecular flexibility index (Phi) is 3.81. The fourth-order valence-electron chi connectivity index (χ4n) is 2.66. The Morgan fingerprint density at radius 2 is 2.05 bits per heavy atom. The first-order valence-corrected chi connectivity index (χ1v) is 7.98. The number of rotatable bonds is 7. The van der Waals surface area contributed by atoms with E-state index in [0.29, 0.717) is 24.8 Å². The van der Waals surface area contributed by atoms with E-state index < -0.39 is 0 Å². The summed E-state index contributed by atoms with van der Waals surface area (Å²) in [6.45, 7) is 5.64. The molecule has 0 radical (unpaired) electrons. The molecule has 2 saturated carbocycles. The average Bonchev–Trinajstić information content (AvgIpc) is 3.28. The van der Waals surface area contributed by atoms with Crippen LogP contribution in [-0.4, -0.2) is 22.2 Å². The third-order valence-electron chi connectivity index (χ3n) is 4.06. The first-order valence-electron chi connectivity index (χ1n) is 7.98. The predicted octanol–water partition coefficient (Wildman–Crippen LogP) is 2.80. The van der Waals surface area contributed by atoms with Gasteiger partial charge in [-0.1, -0.05) is 13.8 Å². The predicted molar refractivity (Wildman–Crippen MR) is 78.6 cm³/mol. The number of hydrogen-bond donors (Lipinski definition) is 1. The van der Waals surface area contributed by atoms with Crippen molar-refractivity contribution in [3.05, 3.63) is 17.5 Å². The summed E-state index contributed by atoms with van der Waals surface area (Å²) >= 11 is 0. The standard InChI is InChI=1S/C16H25N3O/c1-11(2)9-16(20)17-7-8-19-15(13-5-6-13)10-14(18-19)12-3-4-12/h10-13H,3-9H2,1-2H3,(H,17,20). The highest BCUT2D eigenvalue weighted by Gasteiger charge is 2.32. The molecule has 4 nitrogen and oxygen atoms in total. The van der Waals surface area contributed by atoms with E-state index in [1.807, 2.05) is 0 Å². The van der Waals surface area contributed by atoms with E-state index in [0.717, 1.165) is 12.5 Å². The zero-order chi connectivity index (χ0) is 14.1. The molecule has 4 heteroatoms. The van der Waals surface area contributed by atoms with Crippen molar-refractivity contribution in [3.63, 3.8) is 0 Å².